The van der Waals surface area contributed by atoms with Crippen LogP contribution in [0, 0.1) is 6.92 Å². The average molecular weight is 366 g/mol. The van der Waals surface area contributed by atoms with E-state index in [0.29, 0.717) is 25.3 Å². The first-order valence-corrected chi connectivity index (χ1v) is 9.24. The summed E-state index contributed by atoms with van der Waals surface area (Å²) in [4.78, 5) is 33.4. The maximum atomic E-state index is 12.7. The number of fused-ring (bicyclic) bond motifs is 1. The normalized spacial score (nSPS) is 17.4. The zero-order valence-electron chi connectivity index (χ0n) is 15.3. The topological polar surface area (TPSA) is 96.8 Å². The van der Waals surface area contributed by atoms with Crippen molar-refractivity contribution >= 4 is 16.9 Å². The Balaban J connectivity index is 1.42. The summed E-state index contributed by atoms with van der Waals surface area (Å²) in [6, 6.07) is 9.28. The average Bonchev–Trinajstić information content (AvgIpc) is 3.09. The molecule has 1 atom stereocenters. The summed E-state index contributed by atoms with van der Waals surface area (Å²) in [7, 11) is 0. The number of amides is 1. The van der Waals surface area contributed by atoms with Crippen LogP contribution in [-0.2, 0) is 11.3 Å². The van der Waals surface area contributed by atoms with Crippen molar-refractivity contribution in [2.45, 2.75) is 38.6 Å². The molecule has 3 aromatic rings. The predicted octanol–water partition coefficient (Wildman–Crippen LogP) is 1.62. The maximum Gasteiger partial charge on any atom is 0.251 e. The molecule has 0 unspecified atom stereocenters. The molecule has 1 aliphatic rings. The number of aryl methyl sites for hydroxylation is 2. The quantitative estimate of drug-likeness (QED) is 0.757. The monoisotopic (exact) mass is 366 g/mol. The van der Waals surface area contributed by atoms with Gasteiger partial charge in [-0.1, -0.05) is 17.3 Å². The van der Waals surface area contributed by atoms with Crippen molar-refractivity contribution in [3.8, 4) is 0 Å². The number of likely N-dealkylation sites (tertiary alicyclic amines) is 1. The van der Waals surface area contributed by atoms with E-state index < -0.39 is 0 Å². The lowest BCUT2D eigenvalue weighted by Gasteiger charge is -2.32. The SMILES string of the molecule is Cc1nc([C@H]2CCCN(C(=O)CCn3nnc4ccccc43)C2)cc(=O)[nH]1. The summed E-state index contributed by atoms with van der Waals surface area (Å²) in [5.74, 6) is 0.816. The second kappa shape index (κ2) is 7.30. The lowest BCUT2D eigenvalue weighted by molar-refractivity contribution is -0.132. The predicted molar refractivity (Wildman–Crippen MR) is 100 cm³/mol. The Morgan fingerprint density at radius 3 is 3.04 bits per heavy atom. The number of hydrogen-bond donors (Lipinski definition) is 1. The molecule has 1 amide bonds. The Bertz CT molecular complexity index is 1020. The summed E-state index contributed by atoms with van der Waals surface area (Å²) in [6.45, 7) is 3.63. The van der Waals surface area contributed by atoms with Crippen LogP contribution in [0.2, 0.25) is 0 Å². The van der Waals surface area contributed by atoms with Crippen molar-refractivity contribution in [3.63, 3.8) is 0 Å². The number of nitrogens with zero attached hydrogens (tertiary/aromatic N) is 5. The Hall–Kier alpha value is -3.03. The Morgan fingerprint density at radius 1 is 1.33 bits per heavy atom. The van der Waals surface area contributed by atoms with E-state index in [-0.39, 0.29) is 17.4 Å². The lowest BCUT2D eigenvalue weighted by Crippen LogP contribution is -2.40. The van der Waals surface area contributed by atoms with Gasteiger partial charge in [0.1, 0.15) is 11.3 Å². The minimum atomic E-state index is -0.140. The molecule has 3 heterocycles. The highest BCUT2D eigenvalue weighted by molar-refractivity contribution is 5.77. The minimum absolute atomic E-state index is 0.0980. The fourth-order valence-corrected chi connectivity index (χ4v) is 3.70. The Labute approximate surface area is 156 Å². The van der Waals surface area contributed by atoms with Crippen molar-refractivity contribution in [1.29, 1.82) is 0 Å². The van der Waals surface area contributed by atoms with Gasteiger partial charge in [0.25, 0.3) is 5.56 Å². The molecule has 1 N–H and O–H groups in total. The van der Waals surface area contributed by atoms with Gasteiger partial charge in [-0.25, -0.2) is 9.67 Å². The number of para-hydroxylation sites is 1. The number of benzene rings is 1. The number of piperidine rings is 1. The first-order valence-electron chi connectivity index (χ1n) is 9.24. The molecule has 0 spiro atoms. The van der Waals surface area contributed by atoms with E-state index in [1.807, 2.05) is 29.2 Å². The van der Waals surface area contributed by atoms with Crippen LogP contribution in [0.5, 0.6) is 0 Å². The number of aromatic nitrogens is 5. The molecular formula is C19H22N6O2. The van der Waals surface area contributed by atoms with Crippen LogP contribution in [0.4, 0.5) is 0 Å². The molecule has 1 fully saturated rings. The van der Waals surface area contributed by atoms with E-state index in [2.05, 4.69) is 20.3 Å². The lowest BCUT2D eigenvalue weighted by atomic mass is 9.94. The number of nitrogens with one attached hydrogen (secondary N) is 1. The van der Waals surface area contributed by atoms with Gasteiger partial charge in [0.05, 0.1) is 17.8 Å². The van der Waals surface area contributed by atoms with Gasteiger partial charge in [0.2, 0.25) is 5.91 Å². The molecule has 140 valence electrons. The third-order valence-electron chi connectivity index (χ3n) is 5.03. The fourth-order valence-electron chi connectivity index (χ4n) is 3.70. The minimum Gasteiger partial charge on any atom is -0.342 e. The number of carbonyl (C=O) groups excluding carboxylic acids is 1. The zero-order valence-corrected chi connectivity index (χ0v) is 15.3. The number of hydrogen-bond acceptors (Lipinski definition) is 5. The van der Waals surface area contributed by atoms with E-state index in [1.165, 1.54) is 0 Å². The third-order valence-corrected chi connectivity index (χ3v) is 5.03. The van der Waals surface area contributed by atoms with E-state index >= 15 is 0 Å². The summed E-state index contributed by atoms with van der Waals surface area (Å²) < 4.78 is 1.77. The number of H-pyrrole nitrogens is 1. The first kappa shape index (κ1) is 17.4. The number of rotatable bonds is 4. The van der Waals surface area contributed by atoms with Crippen LogP contribution in [-0.4, -0.2) is 48.9 Å². The molecular weight excluding hydrogens is 344 g/mol. The van der Waals surface area contributed by atoms with Crippen molar-refractivity contribution in [1.82, 2.24) is 29.9 Å². The van der Waals surface area contributed by atoms with E-state index in [9.17, 15) is 9.59 Å². The van der Waals surface area contributed by atoms with Gasteiger partial charge in [0.15, 0.2) is 0 Å². The van der Waals surface area contributed by atoms with Crippen LogP contribution in [0.3, 0.4) is 0 Å². The van der Waals surface area contributed by atoms with E-state index in [1.54, 1.807) is 17.7 Å². The molecule has 1 aromatic carbocycles. The molecule has 1 aliphatic heterocycles. The summed E-state index contributed by atoms with van der Waals surface area (Å²) in [5.41, 5.74) is 2.40. The molecule has 27 heavy (non-hydrogen) atoms. The fraction of sp³-hybridized carbons (Fsp3) is 0.421. The largest absolute Gasteiger partial charge is 0.342 e. The maximum absolute atomic E-state index is 12.7. The summed E-state index contributed by atoms with van der Waals surface area (Å²) in [5, 5.41) is 8.27. The van der Waals surface area contributed by atoms with Crippen LogP contribution in [0.25, 0.3) is 11.0 Å². The molecule has 0 bridgehead atoms. The van der Waals surface area contributed by atoms with Crippen LogP contribution in [0.1, 0.15) is 36.7 Å². The highest BCUT2D eigenvalue weighted by atomic mass is 16.2. The smallest absolute Gasteiger partial charge is 0.251 e. The number of aromatic amines is 1. The Kier molecular flexibility index (Phi) is 4.70. The van der Waals surface area contributed by atoms with Crippen molar-refractivity contribution < 1.29 is 4.79 Å². The second-order valence-electron chi connectivity index (χ2n) is 6.99. The molecule has 4 rings (SSSR count). The van der Waals surface area contributed by atoms with Gasteiger partial charge >= 0.3 is 0 Å². The third kappa shape index (κ3) is 3.74. The molecule has 0 aliphatic carbocycles. The highest BCUT2D eigenvalue weighted by Gasteiger charge is 2.26. The van der Waals surface area contributed by atoms with Gasteiger partial charge in [0, 0.05) is 31.5 Å². The van der Waals surface area contributed by atoms with Crippen molar-refractivity contribution in [3.05, 3.63) is 52.2 Å². The van der Waals surface area contributed by atoms with Crippen molar-refractivity contribution in [2.75, 3.05) is 13.1 Å². The summed E-state index contributed by atoms with van der Waals surface area (Å²) in [6.07, 6.45) is 2.23. The van der Waals surface area contributed by atoms with E-state index in [0.717, 1.165) is 36.1 Å². The molecule has 0 saturated carbocycles. The highest BCUT2D eigenvalue weighted by Crippen LogP contribution is 2.25. The second-order valence-corrected chi connectivity index (χ2v) is 6.99. The van der Waals surface area contributed by atoms with Crippen molar-refractivity contribution in [2.24, 2.45) is 0 Å². The van der Waals surface area contributed by atoms with Crippen LogP contribution >= 0.6 is 0 Å². The molecule has 8 heteroatoms. The standard InChI is InChI=1S/C19H22N6O2/c1-13-20-16(11-18(26)21-13)14-5-4-9-24(12-14)19(27)8-10-25-17-7-3-2-6-15(17)22-23-25/h2-3,6-7,11,14H,4-5,8-10,12H2,1H3,(H,20,21,26)/t14-/m0/s1. The van der Waals surface area contributed by atoms with Gasteiger partial charge < -0.3 is 9.88 Å². The number of carbonyl (C=O) groups is 1. The van der Waals surface area contributed by atoms with Gasteiger partial charge in [-0.05, 0) is 31.9 Å². The molecule has 8 nitrogen and oxygen atoms in total. The van der Waals surface area contributed by atoms with Crippen LogP contribution < -0.4 is 5.56 Å². The van der Waals surface area contributed by atoms with Gasteiger partial charge in [-0.15, -0.1) is 5.10 Å². The molecule has 2 aromatic heterocycles. The summed E-state index contributed by atoms with van der Waals surface area (Å²) >= 11 is 0. The van der Waals surface area contributed by atoms with E-state index in [4.69, 9.17) is 0 Å². The molecule has 1 saturated heterocycles. The zero-order chi connectivity index (χ0) is 18.8. The van der Waals surface area contributed by atoms with Gasteiger partial charge in [-0.2, -0.15) is 0 Å². The Morgan fingerprint density at radius 2 is 2.19 bits per heavy atom. The van der Waals surface area contributed by atoms with Crippen LogP contribution in [0.15, 0.2) is 35.1 Å². The molecule has 0 radical (unpaired) electrons. The first-order chi connectivity index (χ1) is 13.1. The van der Waals surface area contributed by atoms with Gasteiger partial charge in [-0.3, -0.25) is 9.59 Å².